The molecule has 2 aromatic carbocycles. The normalized spacial score (nSPS) is 16.0. The van der Waals surface area contributed by atoms with Crippen LogP contribution in [0.4, 0.5) is 11.4 Å². The Labute approximate surface area is 152 Å². The fourth-order valence-corrected chi connectivity index (χ4v) is 3.68. The minimum atomic E-state index is -0.511. The molecule has 0 spiro atoms. The summed E-state index contributed by atoms with van der Waals surface area (Å²) in [5.74, 6) is -0.314. The van der Waals surface area contributed by atoms with Crippen molar-refractivity contribution in [1.82, 2.24) is 0 Å². The van der Waals surface area contributed by atoms with Gasteiger partial charge in [-0.25, -0.2) is 0 Å². The second-order valence-electron chi connectivity index (χ2n) is 4.85. The number of halogens is 1. The first kappa shape index (κ1) is 16.6. The van der Waals surface area contributed by atoms with Crippen molar-refractivity contribution in [3.8, 4) is 0 Å². The molecule has 5 nitrogen and oxygen atoms in total. The molecule has 1 aliphatic rings. The number of carbonyl (C=O) groups is 1. The minimum Gasteiger partial charge on any atom is -0.268 e. The summed E-state index contributed by atoms with van der Waals surface area (Å²) in [6, 6.07) is 12.9. The molecule has 0 aliphatic carbocycles. The molecule has 0 bridgehead atoms. The van der Waals surface area contributed by atoms with Gasteiger partial charge in [-0.05, 0) is 29.8 Å². The average molecular weight is 377 g/mol. The van der Waals surface area contributed by atoms with Crippen LogP contribution in [0.25, 0.3) is 6.08 Å². The Balaban J connectivity index is 1.95. The zero-order chi connectivity index (χ0) is 17.3. The maximum atomic E-state index is 12.6. The predicted molar refractivity (Wildman–Crippen MR) is 100 cm³/mol. The molecule has 1 amide bonds. The van der Waals surface area contributed by atoms with Gasteiger partial charge in [0.1, 0.15) is 0 Å². The Bertz CT molecular complexity index is 898. The lowest BCUT2D eigenvalue weighted by Gasteiger charge is -2.13. The number of thioether (sulfide) groups is 1. The van der Waals surface area contributed by atoms with Gasteiger partial charge >= 0.3 is 0 Å². The predicted octanol–water partition coefficient (Wildman–Crippen LogP) is 4.65. The van der Waals surface area contributed by atoms with E-state index in [1.807, 2.05) is 6.07 Å². The quantitative estimate of drug-likeness (QED) is 0.337. The van der Waals surface area contributed by atoms with Gasteiger partial charge < -0.3 is 0 Å². The van der Waals surface area contributed by atoms with Crippen molar-refractivity contribution < 1.29 is 9.72 Å². The maximum Gasteiger partial charge on any atom is 0.271 e. The largest absolute Gasteiger partial charge is 0.271 e. The number of hydrogen-bond donors (Lipinski definition) is 0. The third-order valence-corrected chi connectivity index (χ3v) is 4.78. The van der Waals surface area contributed by atoms with Crippen molar-refractivity contribution in [2.45, 2.75) is 0 Å². The second-order valence-corrected chi connectivity index (χ2v) is 6.96. The third kappa shape index (κ3) is 3.33. The molecule has 1 heterocycles. The molecule has 0 aromatic heterocycles. The standard InChI is InChI=1S/C16H9ClN2O3S2/c17-11-4-1-3-10(7-11)8-14-15(20)18(16(23)24-14)12-5-2-6-13(9-12)19(21)22/h1-9H. The van der Waals surface area contributed by atoms with Gasteiger partial charge in [0, 0.05) is 17.2 Å². The highest BCUT2D eigenvalue weighted by molar-refractivity contribution is 8.27. The van der Waals surface area contributed by atoms with Crippen LogP contribution in [-0.4, -0.2) is 15.2 Å². The summed E-state index contributed by atoms with van der Waals surface area (Å²) in [7, 11) is 0. The smallest absolute Gasteiger partial charge is 0.268 e. The summed E-state index contributed by atoms with van der Waals surface area (Å²) in [5.41, 5.74) is 1.06. The van der Waals surface area contributed by atoms with Crippen molar-refractivity contribution in [1.29, 1.82) is 0 Å². The zero-order valence-corrected chi connectivity index (χ0v) is 14.4. The summed E-state index contributed by atoms with van der Waals surface area (Å²) < 4.78 is 0.328. The van der Waals surface area contributed by atoms with E-state index in [0.717, 1.165) is 17.3 Å². The van der Waals surface area contributed by atoms with E-state index in [1.54, 1.807) is 30.3 Å². The van der Waals surface area contributed by atoms with Gasteiger partial charge in [-0.15, -0.1) is 0 Å². The van der Waals surface area contributed by atoms with E-state index in [9.17, 15) is 14.9 Å². The molecular formula is C16H9ClN2O3S2. The van der Waals surface area contributed by atoms with Crippen LogP contribution in [0.5, 0.6) is 0 Å². The van der Waals surface area contributed by atoms with Crippen LogP contribution < -0.4 is 4.90 Å². The van der Waals surface area contributed by atoms with Crippen molar-refractivity contribution >= 4 is 63.3 Å². The molecule has 1 saturated heterocycles. The number of benzene rings is 2. The van der Waals surface area contributed by atoms with E-state index in [0.29, 0.717) is 19.9 Å². The molecule has 0 unspecified atom stereocenters. The van der Waals surface area contributed by atoms with E-state index in [-0.39, 0.29) is 11.6 Å². The van der Waals surface area contributed by atoms with Crippen LogP contribution >= 0.6 is 35.6 Å². The third-order valence-electron chi connectivity index (χ3n) is 3.24. The van der Waals surface area contributed by atoms with Gasteiger partial charge in [0.2, 0.25) is 0 Å². The van der Waals surface area contributed by atoms with Gasteiger partial charge in [-0.3, -0.25) is 19.8 Å². The maximum absolute atomic E-state index is 12.6. The Hall–Kier alpha value is -2.22. The molecule has 8 heteroatoms. The number of anilines is 1. The van der Waals surface area contributed by atoms with E-state index in [2.05, 4.69) is 0 Å². The Morgan fingerprint density at radius 1 is 1.21 bits per heavy atom. The van der Waals surface area contributed by atoms with Crippen LogP contribution in [0.15, 0.2) is 53.4 Å². The number of rotatable bonds is 3. The lowest BCUT2D eigenvalue weighted by atomic mass is 10.2. The van der Waals surface area contributed by atoms with E-state index >= 15 is 0 Å². The van der Waals surface area contributed by atoms with Gasteiger partial charge in [0.15, 0.2) is 4.32 Å². The van der Waals surface area contributed by atoms with Crippen LogP contribution in [0.1, 0.15) is 5.56 Å². The second kappa shape index (κ2) is 6.72. The number of hydrogen-bond acceptors (Lipinski definition) is 5. The number of nitrogens with zero attached hydrogens (tertiary/aromatic N) is 2. The van der Waals surface area contributed by atoms with Crippen molar-refractivity contribution in [2.75, 3.05) is 4.90 Å². The first-order valence-electron chi connectivity index (χ1n) is 6.74. The molecule has 0 atom stereocenters. The van der Waals surface area contributed by atoms with Crippen molar-refractivity contribution in [2.24, 2.45) is 0 Å². The number of thiocarbonyl (C=S) groups is 1. The van der Waals surface area contributed by atoms with E-state index < -0.39 is 4.92 Å². The van der Waals surface area contributed by atoms with Gasteiger partial charge in [0.25, 0.3) is 11.6 Å². The summed E-state index contributed by atoms with van der Waals surface area (Å²) in [6.07, 6.45) is 1.70. The number of nitro groups is 1. The van der Waals surface area contributed by atoms with Gasteiger partial charge in [-0.1, -0.05) is 53.8 Å². The molecule has 1 fully saturated rings. The topological polar surface area (TPSA) is 63.5 Å². The summed E-state index contributed by atoms with van der Waals surface area (Å²) in [6.45, 7) is 0. The molecule has 0 N–H and O–H groups in total. The Morgan fingerprint density at radius 3 is 2.67 bits per heavy atom. The molecule has 24 heavy (non-hydrogen) atoms. The lowest BCUT2D eigenvalue weighted by molar-refractivity contribution is -0.384. The van der Waals surface area contributed by atoms with Crippen LogP contribution in [0, 0.1) is 10.1 Å². The summed E-state index contributed by atoms with van der Waals surface area (Å²) in [4.78, 5) is 24.8. The number of non-ortho nitro benzene ring substituents is 1. The van der Waals surface area contributed by atoms with Gasteiger partial charge in [0.05, 0.1) is 15.5 Å². The molecule has 120 valence electrons. The van der Waals surface area contributed by atoms with E-state index in [4.69, 9.17) is 23.8 Å². The molecule has 0 radical (unpaired) electrons. The molecule has 2 aromatic rings. The average Bonchev–Trinajstić information content (AvgIpc) is 2.81. The fourth-order valence-electron chi connectivity index (χ4n) is 2.18. The highest BCUT2D eigenvalue weighted by atomic mass is 35.5. The SMILES string of the molecule is O=C1C(=Cc2cccc(Cl)c2)SC(=S)N1c1cccc([N+](=O)[O-])c1. The molecule has 0 saturated carbocycles. The lowest BCUT2D eigenvalue weighted by Crippen LogP contribution is -2.27. The van der Waals surface area contributed by atoms with Crippen LogP contribution in [0.2, 0.25) is 5.02 Å². The number of nitro benzene ring substituents is 1. The first-order chi connectivity index (χ1) is 11.5. The fraction of sp³-hybridized carbons (Fsp3) is 0. The molecule has 3 rings (SSSR count). The summed E-state index contributed by atoms with van der Waals surface area (Å²) >= 11 is 12.4. The Morgan fingerprint density at radius 2 is 1.96 bits per heavy atom. The van der Waals surface area contributed by atoms with Crippen molar-refractivity contribution in [3.63, 3.8) is 0 Å². The monoisotopic (exact) mass is 376 g/mol. The Kier molecular flexibility index (Phi) is 4.66. The molecule has 1 aliphatic heterocycles. The van der Waals surface area contributed by atoms with Crippen LogP contribution in [0.3, 0.4) is 0 Å². The minimum absolute atomic E-state index is 0.0969. The van der Waals surface area contributed by atoms with Crippen LogP contribution in [-0.2, 0) is 4.79 Å². The number of carbonyl (C=O) groups excluding carboxylic acids is 1. The molecular weight excluding hydrogens is 368 g/mol. The summed E-state index contributed by atoms with van der Waals surface area (Å²) in [5, 5.41) is 11.5. The number of amides is 1. The zero-order valence-electron chi connectivity index (χ0n) is 12.0. The van der Waals surface area contributed by atoms with Gasteiger partial charge in [-0.2, -0.15) is 0 Å². The highest BCUT2D eigenvalue weighted by Crippen LogP contribution is 2.37. The highest BCUT2D eigenvalue weighted by Gasteiger charge is 2.33. The first-order valence-corrected chi connectivity index (χ1v) is 8.34. The van der Waals surface area contributed by atoms with E-state index in [1.165, 1.54) is 23.1 Å². The van der Waals surface area contributed by atoms with Crippen molar-refractivity contribution in [3.05, 3.63) is 74.1 Å².